The molecule has 26 heavy (non-hydrogen) atoms. The highest BCUT2D eigenvalue weighted by molar-refractivity contribution is 5.76. The lowest BCUT2D eigenvalue weighted by Crippen LogP contribution is -2.15. The molecule has 2 nitrogen and oxygen atoms in total. The lowest BCUT2D eigenvalue weighted by atomic mass is 9.93. The van der Waals surface area contributed by atoms with E-state index >= 15 is 0 Å². The van der Waals surface area contributed by atoms with Crippen molar-refractivity contribution in [2.24, 2.45) is 0 Å². The van der Waals surface area contributed by atoms with Crippen molar-refractivity contribution in [1.82, 2.24) is 0 Å². The van der Waals surface area contributed by atoms with Crippen molar-refractivity contribution in [1.29, 1.82) is 0 Å². The van der Waals surface area contributed by atoms with Gasteiger partial charge in [0, 0.05) is 23.0 Å². The molecule has 2 unspecified atom stereocenters. The second kappa shape index (κ2) is 8.20. The van der Waals surface area contributed by atoms with E-state index in [0.717, 1.165) is 23.5 Å². The number of hydrogen-bond donors (Lipinski definition) is 1. The van der Waals surface area contributed by atoms with Crippen molar-refractivity contribution in [3.05, 3.63) is 90.0 Å². The van der Waals surface area contributed by atoms with Gasteiger partial charge in [-0.15, -0.1) is 0 Å². The van der Waals surface area contributed by atoms with Gasteiger partial charge in [0.15, 0.2) is 0 Å². The van der Waals surface area contributed by atoms with Crippen molar-refractivity contribution in [3.63, 3.8) is 0 Å². The maximum absolute atomic E-state index is 10.1. The molecule has 3 aromatic carbocycles. The SMILES string of the molecule is CCC(O)C(C)c1ccc(N(c2ccccc2)c2ccc(C)cc2)cc1. The Labute approximate surface area is 156 Å². The minimum Gasteiger partial charge on any atom is -0.393 e. The van der Waals surface area contributed by atoms with Crippen LogP contribution in [0.15, 0.2) is 78.9 Å². The quantitative estimate of drug-likeness (QED) is 0.563. The summed E-state index contributed by atoms with van der Waals surface area (Å²) in [5, 5.41) is 10.1. The van der Waals surface area contributed by atoms with E-state index in [0.29, 0.717) is 0 Å². The van der Waals surface area contributed by atoms with Gasteiger partial charge in [-0.25, -0.2) is 0 Å². The smallest absolute Gasteiger partial charge is 0.0603 e. The second-order valence-corrected chi connectivity index (χ2v) is 6.86. The van der Waals surface area contributed by atoms with E-state index < -0.39 is 0 Å². The fourth-order valence-corrected chi connectivity index (χ4v) is 3.22. The highest BCUT2D eigenvalue weighted by Crippen LogP contribution is 2.35. The van der Waals surface area contributed by atoms with Crippen LogP contribution in [-0.4, -0.2) is 11.2 Å². The molecule has 0 aliphatic rings. The number of aryl methyl sites for hydroxylation is 1. The first-order valence-electron chi connectivity index (χ1n) is 9.30. The zero-order valence-corrected chi connectivity index (χ0v) is 15.8. The first-order valence-corrected chi connectivity index (χ1v) is 9.30. The summed E-state index contributed by atoms with van der Waals surface area (Å²) in [5.41, 5.74) is 5.79. The molecule has 0 heterocycles. The van der Waals surface area contributed by atoms with Gasteiger partial charge < -0.3 is 10.0 Å². The average Bonchev–Trinajstić information content (AvgIpc) is 2.70. The lowest BCUT2D eigenvalue weighted by molar-refractivity contribution is 0.145. The predicted octanol–water partition coefficient (Wildman–Crippen LogP) is 6.34. The van der Waals surface area contributed by atoms with E-state index in [-0.39, 0.29) is 12.0 Å². The van der Waals surface area contributed by atoms with Crippen LogP contribution >= 0.6 is 0 Å². The van der Waals surface area contributed by atoms with Crippen molar-refractivity contribution in [2.75, 3.05) is 4.90 Å². The van der Waals surface area contributed by atoms with Crippen molar-refractivity contribution >= 4 is 17.1 Å². The number of aliphatic hydroxyl groups excluding tert-OH is 1. The van der Waals surface area contributed by atoms with Crippen molar-refractivity contribution < 1.29 is 5.11 Å². The maximum atomic E-state index is 10.1. The molecule has 134 valence electrons. The summed E-state index contributed by atoms with van der Waals surface area (Å²) in [6, 6.07) is 27.5. The minimum atomic E-state index is -0.303. The van der Waals surface area contributed by atoms with Gasteiger partial charge >= 0.3 is 0 Å². The second-order valence-electron chi connectivity index (χ2n) is 6.86. The third-order valence-corrected chi connectivity index (χ3v) is 4.98. The third kappa shape index (κ3) is 3.97. The Balaban J connectivity index is 1.98. The minimum absolute atomic E-state index is 0.138. The maximum Gasteiger partial charge on any atom is 0.0603 e. The Morgan fingerprint density at radius 2 is 1.27 bits per heavy atom. The monoisotopic (exact) mass is 345 g/mol. The van der Waals surface area contributed by atoms with Crippen LogP contribution in [0.2, 0.25) is 0 Å². The van der Waals surface area contributed by atoms with Crippen molar-refractivity contribution in [2.45, 2.75) is 39.2 Å². The Hall–Kier alpha value is -2.58. The van der Waals surface area contributed by atoms with E-state index in [1.807, 2.05) is 13.0 Å². The summed E-state index contributed by atoms with van der Waals surface area (Å²) in [6.07, 6.45) is 0.464. The molecule has 3 rings (SSSR count). The number of aliphatic hydroxyl groups is 1. The molecule has 0 aliphatic carbocycles. The van der Waals surface area contributed by atoms with E-state index in [1.54, 1.807) is 0 Å². The number of nitrogens with zero attached hydrogens (tertiary/aromatic N) is 1. The van der Waals surface area contributed by atoms with Crippen LogP contribution in [0.25, 0.3) is 0 Å². The molecule has 0 saturated carbocycles. The molecule has 0 aromatic heterocycles. The summed E-state index contributed by atoms with van der Waals surface area (Å²) in [5.74, 6) is 0.138. The van der Waals surface area contributed by atoms with Gasteiger partial charge in [-0.1, -0.05) is 61.9 Å². The largest absolute Gasteiger partial charge is 0.393 e. The van der Waals surface area contributed by atoms with Gasteiger partial charge in [0.1, 0.15) is 0 Å². The van der Waals surface area contributed by atoms with Crippen LogP contribution in [0.4, 0.5) is 17.1 Å². The number of anilines is 3. The molecule has 0 bridgehead atoms. The van der Waals surface area contributed by atoms with Gasteiger partial charge in [0.05, 0.1) is 6.10 Å². The normalized spacial score (nSPS) is 13.2. The highest BCUT2D eigenvalue weighted by Gasteiger charge is 2.16. The summed E-state index contributed by atoms with van der Waals surface area (Å²) < 4.78 is 0. The van der Waals surface area contributed by atoms with Gasteiger partial charge in [0.2, 0.25) is 0 Å². The van der Waals surface area contributed by atoms with Crippen LogP contribution in [0.5, 0.6) is 0 Å². The Kier molecular flexibility index (Phi) is 5.75. The van der Waals surface area contributed by atoms with E-state index in [9.17, 15) is 5.11 Å². The standard InChI is InChI=1S/C24H27NO/c1-4-24(26)19(3)20-12-16-23(17-13-20)25(21-8-6-5-7-9-21)22-14-10-18(2)11-15-22/h5-17,19,24,26H,4H2,1-3H3. The van der Waals surface area contributed by atoms with Crippen LogP contribution < -0.4 is 4.90 Å². The number of rotatable bonds is 6. The number of benzene rings is 3. The summed E-state index contributed by atoms with van der Waals surface area (Å²) in [4.78, 5) is 2.25. The summed E-state index contributed by atoms with van der Waals surface area (Å²) in [7, 11) is 0. The first kappa shape index (κ1) is 18.2. The zero-order chi connectivity index (χ0) is 18.5. The van der Waals surface area contributed by atoms with Crippen LogP contribution in [0.1, 0.15) is 37.3 Å². The van der Waals surface area contributed by atoms with Crippen LogP contribution in [-0.2, 0) is 0 Å². The average molecular weight is 345 g/mol. The molecule has 0 amide bonds. The van der Waals surface area contributed by atoms with Crippen LogP contribution in [0.3, 0.4) is 0 Å². The van der Waals surface area contributed by atoms with Crippen molar-refractivity contribution in [3.8, 4) is 0 Å². The van der Waals surface area contributed by atoms with Gasteiger partial charge in [-0.05, 0) is 55.3 Å². The first-order chi connectivity index (χ1) is 12.6. The number of para-hydroxylation sites is 1. The molecule has 0 spiro atoms. The third-order valence-electron chi connectivity index (χ3n) is 4.98. The zero-order valence-electron chi connectivity index (χ0n) is 15.8. The summed E-state index contributed by atoms with van der Waals surface area (Å²) in [6.45, 7) is 6.20. The van der Waals surface area contributed by atoms with E-state index in [4.69, 9.17) is 0 Å². The molecule has 2 heteroatoms. The van der Waals surface area contributed by atoms with Gasteiger partial charge in [-0.3, -0.25) is 0 Å². The topological polar surface area (TPSA) is 23.5 Å². The summed E-state index contributed by atoms with van der Waals surface area (Å²) >= 11 is 0. The molecule has 0 fully saturated rings. The Bertz CT molecular complexity index is 809. The molecular formula is C24H27NO. The van der Waals surface area contributed by atoms with Gasteiger partial charge in [0.25, 0.3) is 0 Å². The van der Waals surface area contributed by atoms with E-state index in [1.165, 1.54) is 11.1 Å². The van der Waals surface area contributed by atoms with Crippen LogP contribution in [0, 0.1) is 6.92 Å². The molecule has 2 atom stereocenters. The lowest BCUT2D eigenvalue weighted by Gasteiger charge is -2.26. The number of hydrogen-bond acceptors (Lipinski definition) is 2. The van der Waals surface area contributed by atoms with Gasteiger partial charge in [-0.2, -0.15) is 0 Å². The fraction of sp³-hybridized carbons (Fsp3) is 0.250. The van der Waals surface area contributed by atoms with E-state index in [2.05, 4.69) is 91.5 Å². The molecule has 3 aromatic rings. The molecule has 1 N–H and O–H groups in total. The highest BCUT2D eigenvalue weighted by atomic mass is 16.3. The fourth-order valence-electron chi connectivity index (χ4n) is 3.22. The molecule has 0 aliphatic heterocycles. The predicted molar refractivity (Wildman–Crippen MR) is 111 cm³/mol. The molecular weight excluding hydrogens is 318 g/mol. The Morgan fingerprint density at radius 3 is 1.81 bits per heavy atom. The Morgan fingerprint density at radius 1 is 0.769 bits per heavy atom. The molecule has 0 radical (unpaired) electrons. The molecule has 0 saturated heterocycles.